The Morgan fingerprint density at radius 1 is 1.24 bits per heavy atom. The number of pyridine rings is 2. The van der Waals surface area contributed by atoms with Crippen LogP contribution in [-0.2, 0) is 11.3 Å². The number of aliphatic hydroxyl groups is 1. The zero-order valence-electron chi connectivity index (χ0n) is 18.6. The Balaban J connectivity index is 0.000000709. The second-order valence-corrected chi connectivity index (χ2v) is 8.05. The molecule has 3 aromatic heterocycles. The summed E-state index contributed by atoms with van der Waals surface area (Å²) in [7, 11) is 0. The van der Waals surface area contributed by atoms with Crippen LogP contribution in [0.25, 0.3) is 16.7 Å². The molecule has 1 saturated carbocycles. The predicted molar refractivity (Wildman–Crippen MR) is 122 cm³/mol. The van der Waals surface area contributed by atoms with Crippen molar-refractivity contribution in [3.63, 3.8) is 0 Å². The number of rotatable bonds is 5. The van der Waals surface area contributed by atoms with Crippen LogP contribution in [-0.4, -0.2) is 48.7 Å². The van der Waals surface area contributed by atoms with Gasteiger partial charge in [-0.2, -0.15) is 0 Å². The third kappa shape index (κ3) is 5.64. The highest BCUT2D eigenvalue weighted by Crippen LogP contribution is 2.18. The van der Waals surface area contributed by atoms with E-state index in [2.05, 4.69) is 10.3 Å². The molecule has 1 fully saturated rings. The number of amides is 1. The number of carboxylic acids is 1. The molecule has 3 heterocycles. The first-order valence-electron chi connectivity index (χ1n) is 11.0. The minimum Gasteiger partial charge on any atom is -0.481 e. The average Bonchev–Trinajstić information content (AvgIpc) is 2.79. The van der Waals surface area contributed by atoms with Crippen molar-refractivity contribution >= 4 is 28.6 Å². The number of carboxylic acid groups (broad SMARTS) is 1. The molecule has 0 radical (unpaired) electrons. The zero-order chi connectivity index (χ0) is 24.0. The van der Waals surface area contributed by atoms with Crippen molar-refractivity contribution in [2.45, 2.75) is 58.0 Å². The van der Waals surface area contributed by atoms with E-state index in [1.54, 1.807) is 29.0 Å². The molecule has 0 unspecified atom stereocenters. The van der Waals surface area contributed by atoms with Crippen LogP contribution in [0, 0.1) is 5.41 Å². The van der Waals surface area contributed by atoms with Gasteiger partial charge in [-0.05, 0) is 37.5 Å². The highest BCUT2D eigenvalue weighted by Gasteiger charge is 2.21. The van der Waals surface area contributed by atoms with E-state index in [0.717, 1.165) is 32.6 Å². The Bertz CT molecular complexity index is 1270. The van der Waals surface area contributed by atoms with Crippen molar-refractivity contribution in [1.29, 1.82) is 5.41 Å². The van der Waals surface area contributed by atoms with E-state index < -0.39 is 5.97 Å². The lowest BCUT2D eigenvalue weighted by Crippen LogP contribution is -2.40. The van der Waals surface area contributed by atoms with Gasteiger partial charge in [0.2, 0.25) is 0 Å². The van der Waals surface area contributed by atoms with Gasteiger partial charge in [0, 0.05) is 32.3 Å². The number of carbonyl (C=O) groups is 2. The number of hydrogen-bond donors (Lipinski definition) is 4. The van der Waals surface area contributed by atoms with E-state index in [0.29, 0.717) is 24.3 Å². The van der Waals surface area contributed by atoms with Gasteiger partial charge in [-0.15, -0.1) is 0 Å². The SMILES string of the molecule is CC(=O)O.N=c1c(C(=O)NC2CCCCC2)cc2c(=O)n3ccccc3nc2n1CCCO. The second kappa shape index (κ2) is 10.9. The number of aromatic nitrogens is 3. The molecule has 0 aromatic carbocycles. The minimum absolute atomic E-state index is 0.00596. The van der Waals surface area contributed by atoms with Crippen LogP contribution in [0.2, 0.25) is 0 Å². The Morgan fingerprint density at radius 2 is 1.94 bits per heavy atom. The van der Waals surface area contributed by atoms with Gasteiger partial charge in [-0.3, -0.25) is 24.2 Å². The van der Waals surface area contributed by atoms with Crippen molar-refractivity contribution in [2.75, 3.05) is 6.61 Å². The van der Waals surface area contributed by atoms with Crippen LogP contribution in [0.15, 0.2) is 35.3 Å². The fourth-order valence-electron chi connectivity index (χ4n) is 4.02. The highest BCUT2D eigenvalue weighted by atomic mass is 16.4. The molecule has 0 aliphatic heterocycles. The summed E-state index contributed by atoms with van der Waals surface area (Å²) in [6.45, 7) is 1.32. The summed E-state index contributed by atoms with van der Waals surface area (Å²) in [4.78, 5) is 39.6. The van der Waals surface area contributed by atoms with Gasteiger partial charge in [-0.1, -0.05) is 25.3 Å². The largest absolute Gasteiger partial charge is 0.481 e. The maximum Gasteiger partial charge on any atom is 0.300 e. The molecule has 10 nitrogen and oxygen atoms in total. The number of fused-ring (bicyclic) bond motifs is 2. The van der Waals surface area contributed by atoms with Crippen molar-refractivity contribution in [2.24, 2.45) is 0 Å². The van der Waals surface area contributed by atoms with Gasteiger partial charge in [-0.25, -0.2) is 4.98 Å². The van der Waals surface area contributed by atoms with Crippen molar-refractivity contribution in [3.05, 3.63) is 51.9 Å². The molecule has 4 rings (SSSR count). The molecule has 0 saturated heterocycles. The lowest BCUT2D eigenvalue weighted by molar-refractivity contribution is -0.134. The Hall–Kier alpha value is -3.53. The lowest BCUT2D eigenvalue weighted by Gasteiger charge is -2.23. The maximum atomic E-state index is 13.1. The number of nitrogens with zero attached hydrogens (tertiary/aromatic N) is 3. The van der Waals surface area contributed by atoms with Crippen LogP contribution < -0.4 is 16.4 Å². The van der Waals surface area contributed by atoms with Crippen LogP contribution in [0.4, 0.5) is 0 Å². The molecule has 33 heavy (non-hydrogen) atoms. The maximum absolute atomic E-state index is 13.1. The van der Waals surface area contributed by atoms with Gasteiger partial charge < -0.3 is 20.1 Å². The van der Waals surface area contributed by atoms with Crippen LogP contribution in [0.3, 0.4) is 0 Å². The Labute approximate surface area is 190 Å². The Kier molecular flexibility index (Phi) is 7.94. The number of aliphatic carboxylic acids is 1. The third-order valence-electron chi connectivity index (χ3n) is 5.54. The van der Waals surface area contributed by atoms with E-state index in [-0.39, 0.29) is 40.6 Å². The van der Waals surface area contributed by atoms with Gasteiger partial charge in [0.25, 0.3) is 17.4 Å². The number of aliphatic hydroxyl groups excluding tert-OH is 1. The predicted octanol–water partition coefficient (Wildman–Crippen LogP) is 1.66. The highest BCUT2D eigenvalue weighted by molar-refractivity contribution is 5.97. The summed E-state index contributed by atoms with van der Waals surface area (Å²) < 4.78 is 2.99. The quantitative estimate of drug-likeness (QED) is 0.430. The monoisotopic (exact) mass is 455 g/mol. The molecule has 176 valence electrons. The smallest absolute Gasteiger partial charge is 0.300 e. The summed E-state index contributed by atoms with van der Waals surface area (Å²) in [6.07, 6.45) is 7.27. The van der Waals surface area contributed by atoms with Crippen LogP contribution in [0.5, 0.6) is 0 Å². The molecule has 1 aliphatic carbocycles. The van der Waals surface area contributed by atoms with Crippen molar-refractivity contribution in [3.8, 4) is 0 Å². The first-order chi connectivity index (χ1) is 15.8. The van der Waals surface area contributed by atoms with E-state index in [1.807, 2.05) is 0 Å². The summed E-state index contributed by atoms with van der Waals surface area (Å²) >= 11 is 0. The molecule has 1 amide bonds. The van der Waals surface area contributed by atoms with E-state index in [9.17, 15) is 14.7 Å². The molecular weight excluding hydrogens is 426 g/mol. The summed E-state index contributed by atoms with van der Waals surface area (Å²) in [5.74, 6) is -1.17. The van der Waals surface area contributed by atoms with Gasteiger partial charge in [0.05, 0.1) is 10.9 Å². The second-order valence-electron chi connectivity index (χ2n) is 8.05. The van der Waals surface area contributed by atoms with Crippen LogP contribution >= 0.6 is 0 Å². The molecule has 10 heteroatoms. The normalized spacial score (nSPS) is 14.0. The number of hydrogen-bond acceptors (Lipinski definition) is 6. The number of carbonyl (C=O) groups excluding carboxylic acids is 1. The molecule has 0 bridgehead atoms. The topological polar surface area (TPSA) is 150 Å². The third-order valence-corrected chi connectivity index (χ3v) is 5.54. The average molecular weight is 456 g/mol. The molecule has 0 spiro atoms. The summed E-state index contributed by atoms with van der Waals surface area (Å²) in [6, 6.07) is 6.86. The minimum atomic E-state index is -0.833. The first kappa shape index (κ1) is 24.1. The first-order valence-corrected chi connectivity index (χ1v) is 11.0. The molecular formula is C23H29N5O5. The molecule has 1 aliphatic rings. The van der Waals surface area contributed by atoms with E-state index >= 15 is 0 Å². The summed E-state index contributed by atoms with van der Waals surface area (Å²) in [5, 5.41) is 28.6. The van der Waals surface area contributed by atoms with Gasteiger partial charge >= 0.3 is 0 Å². The fraction of sp³-hybridized carbons (Fsp3) is 0.435. The molecule has 3 aromatic rings. The Morgan fingerprint density at radius 3 is 2.61 bits per heavy atom. The van der Waals surface area contributed by atoms with Crippen molar-refractivity contribution < 1.29 is 19.8 Å². The van der Waals surface area contributed by atoms with Crippen molar-refractivity contribution in [1.82, 2.24) is 19.3 Å². The fourth-order valence-corrected chi connectivity index (χ4v) is 4.02. The van der Waals surface area contributed by atoms with Gasteiger partial charge in [0.15, 0.2) is 0 Å². The standard InChI is InChI=1S/C21H25N5O3.C2H4O2/c22-18-15(20(28)23-14-7-2-1-3-8-14)13-16-19(26(18)11-6-12-27)24-17-9-4-5-10-25(17)21(16)29;1-2(3)4/h4-5,9-10,13-14,22,27H,1-3,6-8,11-12H2,(H,23,28);1H3,(H,3,4). The zero-order valence-corrected chi connectivity index (χ0v) is 18.6. The van der Waals surface area contributed by atoms with E-state index in [4.69, 9.17) is 15.3 Å². The molecule has 4 N–H and O–H groups in total. The van der Waals surface area contributed by atoms with Gasteiger partial charge in [0.1, 0.15) is 16.8 Å². The lowest BCUT2D eigenvalue weighted by atomic mass is 9.95. The number of nitrogens with one attached hydrogen (secondary N) is 2. The summed E-state index contributed by atoms with van der Waals surface area (Å²) in [5.41, 5.74) is 0.715. The number of aryl methyl sites for hydroxylation is 1. The van der Waals surface area contributed by atoms with E-state index in [1.165, 1.54) is 16.9 Å². The molecule has 0 atom stereocenters. The van der Waals surface area contributed by atoms with Crippen LogP contribution in [0.1, 0.15) is 55.8 Å².